The summed E-state index contributed by atoms with van der Waals surface area (Å²) in [4.78, 5) is 22.6. The molecule has 0 aromatic carbocycles. The normalized spacial score (nSPS) is 18.4. The number of amides is 1. The monoisotopic (exact) mass is 297 g/mol. The fourth-order valence-electron chi connectivity index (χ4n) is 2.15. The number of hydrogen-bond donors (Lipinski definition) is 1. The molecule has 2 rings (SSSR count). The highest BCUT2D eigenvalue weighted by molar-refractivity contribution is 6.33. The second-order valence-corrected chi connectivity index (χ2v) is 6.28. The zero-order chi connectivity index (χ0) is 14.9. The predicted octanol–water partition coefficient (Wildman–Crippen LogP) is 2.24. The molecule has 0 unspecified atom stereocenters. The van der Waals surface area contributed by atoms with E-state index in [1.165, 1.54) is 6.20 Å². The van der Waals surface area contributed by atoms with Crippen LogP contribution in [0.2, 0.25) is 5.02 Å². The molecule has 0 radical (unpaired) electrons. The van der Waals surface area contributed by atoms with E-state index in [2.05, 4.69) is 9.97 Å². The molecule has 1 saturated heterocycles. The fraction of sp³-hybridized carbons (Fsp3) is 0.643. The third kappa shape index (κ3) is 3.27. The molecule has 0 aliphatic carbocycles. The van der Waals surface area contributed by atoms with E-state index in [-0.39, 0.29) is 22.5 Å². The number of halogens is 1. The average Bonchev–Trinajstić information content (AvgIpc) is 2.38. The standard InChI is InChI=1S/C14H20ClN3O2/c1-9(2)12-16-8-10(15)11(17-12)13(19)18-6-4-14(3,20)5-7-18/h8-9,20H,4-7H2,1-3H3. The van der Waals surface area contributed by atoms with E-state index in [0.29, 0.717) is 31.8 Å². The van der Waals surface area contributed by atoms with E-state index < -0.39 is 5.60 Å². The number of carbonyl (C=O) groups excluding carboxylic acids is 1. The van der Waals surface area contributed by atoms with Gasteiger partial charge in [-0.3, -0.25) is 4.79 Å². The molecule has 110 valence electrons. The molecule has 20 heavy (non-hydrogen) atoms. The van der Waals surface area contributed by atoms with Crippen molar-refractivity contribution in [2.45, 2.75) is 45.1 Å². The van der Waals surface area contributed by atoms with Crippen molar-refractivity contribution >= 4 is 17.5 Å². The third-order valence-electron chi connectivity index (χ3n) is 3.61. The molecule has 1 aliphatic heterocycles. The summed E-state index contributed by atoms with van der Waals surface area (Å²) in [5, 5.41) is 10.2. The number of nitrogens with zero attached hydrogens (tertiary/aromatic N) is 3. The lowest BCUT2D eigenvalue weighted by Crippen LogP contribution is -2.45. The highest BCUT2D eigenvalue weighted by Gasteiger charge is 2.31. The highest BCUT2D eigenvalue weighted by Crippen LogP contribution is 2.24. The summed E-state index contributed by atoms with van der Waals surface area (Å²) in [5.41, 5.74) is -0.429. The van der Waals surface area contributed by atoms with Crippen LogP contribution in [0.1, 0.15) is 55.8 Å². The molecule has 0 spiro atoms. The van der Waals surface area contributed by atoms with Crippen LogP contribution in [0.3, 0.4) is 0 Å². The van der Waals surface area contributed by atoms with Crippen molar-refractivity contribution in [3.8, 4) is 0 Å². The molecule has 1 aromatic rings. The first-order valence-corrected chi connectivity index (χ1v) is 7.22. The molecule has 5 nitrogen and oxygen atoms in total. The van der Waals surface area contributed by atoms with Crippen molar-refractivity contribution in [1.82, 2.24) is 14.9 Å². The third-order valence-corrected chi connectivity index (χ3v) is 3.89. The summed E-state index contributed by atoms with van der Waals surface area (Å²) in [7, 11) is 0. The maximum atomic E-state index is 12.5. The molecular weight excluding hydrogens is 278 g/mol. The van der Waals surface area contributed by atoms with Crippen LogP contribution >= 0.6 is 11.6 Å². The van der Waals surface area contributed by atoms with E-state index in [9.17, 15) is 9.90 Å². The van der Waals surface area contributed by atoms with Crippen LogP contribution in [0.4, 0.5) is 0 Å². The fourth-order valence-corrected chi connectivity index (χ4v) is 2.32. The number of likely N-dealkylation sites (tertiary alicyclic amines) is 1. The minimum Gasteiger partial charge on any atom is -0.390 e. The van der Waals surface area contributed by atoms with Gasteiger partial charge in [0.15, 0.2) is 5.69 Å². The Morgan fingerprint density at radius 3 is 2.60 bits per heavy atom. The minimum atomic E-state index is -0.685. The topological polar surface area (TPSA) is 66.3 Å². The molecule has 0 atom stereocenters. The van der Waals surface area contributed by atoms with Gasteiger partial charge >= 0.3 is 0 Å². The molecule has 1 N–H and O–H groups in total. The van der Waals surface area contributed by atoms with Crippen molar-refractivity contribution in [3.63, 3.8) is 0 Å². The SMILES string of the molecule is CC(C)c1ncc(Cl)c(C(=O)N2CCC(C)(O)CC2)n1. The molecule has 1 fully saturated rings. The Hall–Kier alpha value is -1.20. The van der Waals surface area contributed by atoms with Gasteiger partial charge in [0.2, 0.25) is 0 Å². The Labute approximate surface area is 124 Å². The number of aromatic nitrogens is 2. The summed E-state index contributed by atoms with van der Waals surface area (Å²) < 4.78 is 0. The first kappa shape index (κ1) is 15.2. The second kappa shape index (κ2) is 5.66. The zero-order valence-corrected chi connectivity index (χ0v) is 12.8. The van der Waals surface area contributed by atoms with E-state index in [4.69, 9.17) is 11.6 Å². The van der Waals surface area contributed by atoms with Crippen molar-refractivity contribution in [1.29, 1.82) is 0 Å². The van der Waals surface area contributed by atoms with E-state index in [1.807, 2.05) is 13.8 Å². The smallest absolute Gasteiger partial charge is 0.274 e. The van der Waals surface area contributed by atoms with E-state index >= 15 is 0 Å². The van der Waals surface area contributed by atoms with Gasteiger partial charge in [0.25, 0.3) is 5.91 Å². The molecule has 1 aromatic heterocycles. The average molecular weight is 298 g/mol. The number of piperidine rings is 1. The maximum Gasteiger partial charge on any atom is 0.274 e. The van der Waals surface area contributed by atoms with Crippen LogP contribution in [-0.2, 0) is 0 Å². The first-order valence-electron chi connectivity index (χ1n) is 6.84. The molecular formula is C14H20ClN3O2. The van der Waals surface area contributed by atoms with Gasteiger partial charge in [-0.05, 0) is 19.8 Å². The van der Waals surface area contributed by atoms with Crippen molar-refractivity contribution in [3.05, 3.63) is 22.7 Å². The predicted molar refractivity (Wildman–Crippen MR) is 76.9 cm³/mol. The van der Waals surface area contributed by atoms with E-state index in [0.717, 1.165) is 0 Å². The van der Waals surface area contributed by atoms with Crippen LogP contribution in [0, 0.1) is 0 Å². The van der Waals surface area contributed by atoms with Gasteiger partial charge in [-0.1, -0.05) is 25.4 Å². The van der Waals surface area contributed by atoms with Gasteiger partial charge in [0, 0.05) is 19.0 Å². The van der Waals surface area contributed by atoms with Gasteiger partial charge in [0.1, 0.15) is 5.82 Å². The summed E-state index contributed by atoms with van der Waals surface area (Å²) in [6.45, 7) is 6.76. The minimum absolute atomic E-state index is 0.140. The lowest BCUT2D eigenvalue weighted by Gasteiger charge is -2.35. The Bertz CT molecular complexity index is 507. The Morgan fingerprint density at radius 1 is 1.45 bits per heavy atom. The highest BCUT2D eigenvalue weighted by atomic mass is 35.5. The lowest BCUT2D eigenvalue weighted by molar-refractivity contribution is -0.00220. The van der Waals surface area contributed by atoms with Crippen LogP contribution in [0.25, 0.3) is 0 Å². The second-order valence-electron chi connectivity index (χ2n) is 5.87. The van der Waals surface area contributed by atoms with Gasteiger partial charge < -0.3 is 10.0 Å². The number of rotatable bonds is 2. The number of hydrogen-bond acceptors (Lipinski definition) is 4. The van der Waals surface area contributed by atoms with Crippen LogP contribution in [0.15, 0.2) is 6.20 Å². The number of aliphatic hydroxyl groups is 1. The number of carbonyl (C=O) groups is 1. The quantitative estimate of drug-likeness (QED) is 0.909. The summed E-state index contributed by atoms with van der Waals surface area (Å²) in [6.07, 6.45) is 2.62. The summed E-state index contributed by atoms with van der Waals surface area (Å²) in [6, 6.07) is 0. The largest absolute Gasteiger partial charge is 0.390 e. The van der Waals surface area contributed by atoms with Gasteiger partial charge in [-0.25, -0.2) is 9.97 Å². The molecule has 1 amide bonds. The molecule has 0 saturated carbocycles. The van der Waals surface area contributed by atoms with Crippen molar-refractivity contribution in [2.24, 2.45) is 0 Å². The lowest BCUT2D eigenvalue weighted by atomic mass is 9.94. The molecule has 0 bridgehead atoms. The van der Waals surface area contributed by atoms with Crippen LogP contribution in [0.5, 0.6) is 0 Å². The first-order chi connectivity index (χ1) is 9.30. The van der Waals surface area contributed by atoms with Gasteiger partial charge in [-0.2, -0.15) is 0 Å². The zero-order valence-electron chi connectivity index (χ0n) is 12.1. The molecule has 6 heteroatoms. The Balaban J connectivity index is 2.19. The van der Waals surface area contributed by atoms with Crippen LogP contribution < -0.4 is 0 Å². The van der Waals surface area contributed by atoms with E-state index in [1.54, 1.807) is 11.8 Å². The Morgan fingerprint density at radius 2 is 2.05 bits per heavy atom. The van der Waals surface area contributed by atoms with Crippen LogP contribution in [-0.4, -0.2) is 44.6 Å². The summed E-state index contributed by atoms with van der Waals surface area (Å²) >= 11 is 6.05. The molecule has 2 heterocycles. The van der Waals surface area contributed by atoms with Crippen molar-refractivity contribution < 1.29 is 9.90 Å². The summed E-state index contributed by atoms with van der Waals surface area (Å²) in [5.74, 6) is 0.567. The Kier molecular flexibility index (Phi) is 4.30. The molecule has 1 aliphatic rings. The van der Waals surface area contributed by atoms with Gasteiger partial charge in [-0.15, -0.1) is 0 Å². The maximum absolute atomic E-state index is 12.5. The van der Waals surface area contributed by atoms with Crippen molar-refractivity contribution in [2.75, 3.05) is 13.1 Å². The van der Waals surface area contributed by atoms with Gasteiger partial charge in [0.05, 0.1) is 16.8 Å².